The van der Waals surface area contributed by atoms with Gasteiger partial charge in [0.05, 0.1) is 6.61 Å². The van der Waals surface area contributed by atoms with Crippen molar-refractivity contribution < 1.29 is 15.3 Å². The van der Waals surface area contributed by atoms with Crippen molar-refractivity contribution in [3.63, 3.8) is 0 Å². The largest absolute Gasteiger partial charge is 0.508 e. The Hall–Kier alpha value is -3.04. The lowest BCUT2D eigenvalue weighted by atomic mass is 9.94. The lowest BCUT2D eigenvalue weighted by molar-refractivity contribution is 0.280. The number of phenols is 2. The quantitative estimate of drug-likeness (QED) is 0.677. The summed E-state index contributed by atoms with van der Waals surface area (Å²) in [7, 11) is 0. The van der Waals surface area contributed by atoms with Crippen LogP contribution in [0.4, 0.5) is 0 Å². The number of aromatic hydroxyl groups is 2. The Morgan fingerprint density at radius 3 is 2.16 bits per heavy atom. The number of benzene rings is 3. The monoisotopic (exact) mass is 330 g/mol. The van der Waals surface area contributed by atoms with Gasteiger partial charge in [-0.25, -0.2) is 0 Å². The van der Waals surface area contributed by atoms with Crippen molar-refractivity contribution in [1.82, 2.24) is 0 Å². The van der Waals surface area contributed by atoms with E-state index in [1.165, 1.54) is 0 Å². The SMILES string of the molecule is OCc1cc(O)cc2c1CC(c1ccc(O)cc1)=C2c1ccccc1. The van der Waals surface area contributed by atoms with Crippen molar-refractivity contribution >= 4 is 11.1 Å². The van der Waals surface area contributed by atoms with Crippen molar-refractivity contribution in [3.05, 3.63) is 94.5 Å². The maximum atomic E-state index is 10.1. The molecule has 3 aromatic carbocycles. The number of fused-ring (bicyclic) bond motifs is 1. The molecule has 0 fully saturated rings. The number of allylic oxidation sites excluding steroid dienone is 1. The van der Waals surface area contributed by atoms with E-state index in [0.717, 1.165) is 39.0 Å². The van der Waals surface area contributed by atoms with E-state index in [0.29, 0.717) is 6.42 Å². The van der Waals surface area contributed by atoms with Crippen LogP contribution in [0.1, 0.15) is 27.8 Å². The molecule has 3 nitrogen and oxygen atoms in total. The van der Waals surface area contributed by atoms with Crippen LogP contribution in [-0.4, -0.2) is 15.3 Å². The van der Waals surface area contributed by atoms with E-state index in [1.54, 1.807) is 24.3 Å². The molecule has 0 saturated carbocycles. The molecule has 4 rings (SSSR count). The average molecular weight is 330 g/mol. The highest BCUT2D eigenvalue weighted by Crippen LogP contribution is 2.45. The van der Waals surface area contributed by atoms with Gasteiger partial charge in [0.25, 0.3) is 0 Å². The van der Waals surface area contributed by atoms with Gasteiger partial charge in [0.1, 0.15) is 11.5 Å². The number of rotatable bonds is 3. The van der Waals surface area contributed by atoms with E-state index in [1.807, 2.05) is 42.5 Å². The Morgan fingerprint density at radius 1 is 0.760 bits per heavy atom. The Kier molecular flexibility index (Phi) is 3.79. The van der Waals surface area contributed by atoms with Crippen LogP contribution in [0.25, 0.3) is 11.1 Å². The van der Waals surface area contributed by atoms with Gasteiger partial charge in [-0.3, -0.25) is 0 Å². The fraction of sp³-hybridized carbons (Fsp3) is 0.0909. The van der Waals surface area contributed by atoms with Gasteiger partial charge in [-0.05, 0) is 69.6 Å². The molecule has 0 aliphatic heterocycles. The van der Waals surface area contributed by atoms with Crippen LogP contribution in [-0.2, 0) is 13.0 Å². The van der Waals surface area contributed by atoms with Crippen molar-refractivity contribution in [2.75, 3.05) is 0 Å². The molecule has 124 valence electrons. The summed E-state index contributed by atoms with van der Waals surface area (Å²) in [6.45, 7) is -0.109. The maximum Gasteiger partial charge on any atom is 0.116 e. The lowest BCUT2D eigenvalue weighted by Crippen LogP contribution is -1.95. The molecule has 0 atom stereocenters. The summed E-state index contributed by atoms with van der Waals surface area (Å²) in [5.74, 6) is 0.387. The summed E-state index contributed by atoms with van der Waals surface area (Å²) in [6, 6.07) is 20.6. The van der Waals surface area contributed by atoms with Crippen molar-refractivity contribution in [3.8, 4) is 11.5 Å². The van der Waals surface area contributed by atoms with Crippen LogP contribution in [0.5, 0.6) is 11.5 Å². The third kappa shape index (κ3) is 2.69. The minimum atomic E-state index is -0.109. The molecular weight excluding hydrogens is 312 g/mol. The first-order valence-corrected chi connectivity index (χ1v) is 8.21. The van der Waals surface area contributed by atoms with Gasteiger partial charge in [-0.1, -0.05) is 42.5 Å². The predicted molar refractivity (Wildman–Crippen MR) is 98.2 cm³/mol. The molecule has 0 bridgehead atoms. The van der Waals surface area contributed by atoms with Gasteiger partial charge >= 0.3 is 0 Å². The Bertz CT molecular complexity index is 955. The normalized spacial score (nSPS) is 13.2. The molecule has 0 amide bonds. The highest BCUT2D eigenvalue weighted by molar-refractivity contribution is 6.04. The molecule has 0 aromatic heterocycles. The van der Waals surface area contributed by atoms with Gasteiger partial charge in [-0.15, -0.1) is 0 Å². The zero-order valence-corrected chi connectivity index (χ0v) is 13.6. The number of aliphatic hydroxyl groups is 1. The molecular formula is C22H18O3. The molecule has 0 radical (unpaired) electrons. The highest BCUT2D eigenvalue weighted by atomic mass is 16.3. The molecule has 3 N–H and O–H groups in total. The number of hydrogen-bond acceptors (Lipinski definition) is 3. The first-order valence-electron chi connectivity index (χ1n) is 8.21. The second-order valence-corrected chi connectivity index (χ2v) is 6.23. The molecule has 1 aliphatic rings. The van der Waals surface area contributed by atoms with E-state index in [-0.39, 0.29) is 18.1 Å². The summed E-state index contributed by atoms with van der Waals surface area (Å²) in [5, 5.41) is 29.4. The smallest absolute Gasteiger partial charge is 0.116 e. The van der Waals surface area contributed by atoms with Crippen LogP contribution >= 0.6 is 0 Å². The number of hydrogen-bond donors (Lipinski definition) is 3. The Balaban J connectivity index is 1.98. The third-order valence-corrected chi connectivity index (χ3v) is 4.70. The fourth-order valence-electron chi connectivity index (χ4n) is 3.56. The number of phenolic OH excluding ortho intramolecular Hbond substituents is 2. The molecule has 1 aliphatic carbocycles. The zero-order valence-electron chi connectivity index (χ0n) is 13.6. The lowest BCUT2D eigenvalue weighted by Gasteiger charge is -2.11. The standard InChI is InChI=1S/C22H18O3/c23-13-16-10-18(25)11-21-19(16)12-20(14-6-8-17(24)9-7-14)22(21)15-4-2-1-3-5-15/h1-11,23-25H,12-13H2. The minimum Gasteiger partial charge on any atom is -0.508 e. The van der Waals surface area contributed by atoms with E-state index < -0.39 is 0 Å². The fourth-order valence-corrected chi connectivity index (χ4v) is 3.56. The molecule has 0 saturated heterocycles. The van der Waals surface area contributed by atoms with Gasteiger partial charge in [-0.2, -0.15) is 0 Å². The van der Waals surface area contributed by atoms with Crippen molar-refractivity contribution in [1.29, 1.82) is 0 Å². The Morgan fingerprint density at radius 2 is 1.48 bits per heavy atom. The van der Waals surface area contributed by atoms with E-state index >= 15 is 0 Å². The van der Waals surface area contributed by atoms with Crippen molar-refractivity contribution in [2.24, 2.45) is 0 Å². The summed E-state index contributed by atoms with van der Waals surface area (Å²) < 4.78 is 0. The zero-order chi connectivity index (χ0) is 17.4. The highest BCUT2D eigenvalue weighted by Gasteiger charge is 2.26. The molecule has 0 spiro atoms. The topological polar surface area (TPSA) is 60.7 Å². The summed E-state index contributed by atoms with van der Waals surface area (Å²) in [5.41, 5.74) is 7.03. The summed E-state index contributed by atoms with van der Waals surface area (Å²) in [6.07, 6.45) is 0.681. The van der Waals surface area contributed by atoms with Crippen LogP contribution in [0.15, 0.2) is 66.7 Å². The van der Waals surface area contributed by atoms with Gasteiger partial charge in [0.2, 0.25) is 0 Å². The van der Waals surface area contributed by atoms with E-state index in [2.05, 4.69) is 0 Å². The molecule has 0 heterocycles. The van der Waals surface area contributed by atoms with Crippen LogP contribution in [0, 0.1) is 0 Å². The average Bonchev–Trinajstić information content (AvgIpc) is 3.01. The van der Waals surface area contributed by atoms with Crippen LogP contribution in [0.3, 0.4) is 0 Å². The summed E-state index contributed by atoms with van der Waals surface area (Å²) >= 11 is 0. The van der Waals surface area contributed by atoms with Crippen molar-refractivity contribution in [2.45, 2.75) is 13.0 Å². The minimum absolute atomic E-state index is 0.109. The van der Waals surface area contributed by atoms with E-state index in [9.17, 15) is 15.3 Å². The number of aliphatic hydroxyl groups excluding tert-OH is 1. The van der Waals surface area contributed by atoms with Gasteiger partial charge in [0, 0.05) is 0 Å². The third-order valence-electron chi connectivity index (χ3n) is 4.70. The second-order valence-electron chi connectivity index (χ2n) is 6.23. The molecule has 3 heteroatoms. The van der Waals surface area contributed by atoms with E-state index in [4.69, 9.17) is 0 Å². The first-order chi connectivity index (χ1) is 12.2. The molecule has 25 heavy (non-hydrogen) atoms. The molecule has 3 aromatic rings. The molecule has 0 unspecified atom stereocenters. The maximum absolute atomic E-state index is 10.1. The van der Waals surface area contributed by atoms with Gasteiger partial charge in [0.15, 0.2) is 0 Å². The van der Waals surface area contributed by atoms with Crippen LogP contribution < -0.4 is 0 Å². The predicted octanol–water partition coefficient (Wildman–Crippen LogP) is 4.11. The second kappa shape index (κ2) is 6.11. The summed E-state index contributed by atoms with van der Waals surface area (Å²) in [4.78, 5) is 0. The van der Waals surface area contributed by atoms with Gasteiger partial charge < -0.3 is 15.3 Å². The Labute approximate surface area is 146 Å². The first kappa shape index (κ1) is 15.5. The van der Waals surface area contributed by atoms with Crippen LogP contribution in [0.2, 0.25) is 0 Å².